The number of benzene rings is 6. The Balaban J connectivity index is 0.00000341. The van der Waals surface area contributed by atoms with Gasteiger partial charge in [0.2, 0.25) is 0 Å². The van der Waals surface area contributed by atoms with Crippen LogP contribution in [0, 0.1) is 12.1 Å². The monoisotopic (exact) mass is 875 g/mol. The fourth-order valence-electron chi connectivity index (χ4n) is 7.96. The van der Waals surface area contributed by atoms with Crippen LogP contribution in [0.4, 0.5) is 0 Å². The third-order valence-corrected chi connectivity index (χ3v) is 10.3. The predicted molar refractivity (Wildman–Crippen MR) is 209 cm³/mol. The van der Waals surface area contributed by atoms with Gasteiger partial charge in [0.05, 0.1) is 0 Å². The zero-order valence-electron chi connectivity index (χ0n) is 28.2. The average molecular weight is 876 g/mol. The summed E-state index contributed by atoms with van der Waals surface area (Å²) in [5.41, 5.74) is 7.03. The minimum absolute atomic E-state index is 0. The second kappa shape index (κ2) is 11.7. The molecule has 6 heterocycles. The maximum absolute atomic E-state index is 6.59. The van der Waals surface area contributed by atoms with E-state index in [1.54, 1.807) is 12.4 Å². The smallest absolute Gasteiger partial charge is 0.509 e. The number of furan rings is 2. The van der Waals surface area contributed by atoms with E-state index in [1.165, 1.54) is 0 Å². The second-order valence-electron chi connectivity index (χ2n) is 13.2. The van der Waals surface area contributed by atoms with Crippen molar-refractivity contribution in [1.29, 1.82) is 0 Å². The van der Waals surface area contributed by atoms with Crippen molar-refractivity contribution in [3.05, 3.63) is 158 Å². The molecule has 0 saturated carbocycles. The molecule has 0 atom stereocenters. The van der Waals surface area contributed by atoms with Gasteiger partial charge in [-0.2, -0.15) is 12.1 Å². The maximum Gasteiger partial charge on any atom is 2.00 e. The fraction of sp³-hybridized carbons (Fsp3) is 0. The van der Waals surface area contributed by atoms with E-state index in [2.05, 4.69) is 69.8 Å². The standard InChI is InChI=1S/C46H24N4O3.Pt/c1-3-11-41-31(9-1)35-23-33-29-17-15-27(21-37(29)49(39(33)25-43(35)52-41)45-13-5-7-19-47-45)51-28-16-18-30-34-24-36-32-10-2-4-12-42(32)53-44(36)26-40(34)50(38(30)22-28)46-14-6-8-20-48-46;/h1-20,23-26H;/q-2;+2. The summed E-state index contributed by atoms with van der Waals surface area (Å²) in [5, 5.41) is 8.55. The van der Waals surface area contributed by atoms with E-state index in [-0.39, 0.29) is 21.1 Å². The Kier molecular flexibility index (Phi) is 6.67. The van der Waals surface area contributed by atoms with Gasteiger partial charge in [0.25, 0.3) is 0 Å². The Morgan fingerprint density at radius 3 is 1.35 bits per heavy atom. The second-order valence-corrected chi connectivity index (χ2v) is 13.2. The molecule has 0 fully saturated rings. The van der Waals surface area contributed by atoms with Crippen LogP contribution in [0.15, 0.2) is 155 Å². The molecule has 0 unspecified atom stereocenters. The first-order chi connectivity index (χ1) is 26.2. The van der Waals surface area contributed by atoms with Gasteiger partial charge in [-0.1, -0.05) is 71.7 Å². The topological polar surface area (TPSA) is 71.2 Å². The van der Waals surface area contributed by atoms with Crippen molar-refractivity contribution in [3.63, 3.8) is 0 Å². The molecule has 0 aliphatic heterocycles. The minimum Gasteiger partial charge on any atom is -0.509 e. The van der Waals surface area contributed by atoms with Crippen molar-refractivity contribution in [1.82, 2.24) is 19.1 Å². The summed E-state index contributed by atoms with van der Waals surface area (Å²) in [7, 11) is 0. The summed E-state index contributed by atoms with van der Waals surface area (Å²) in [4.78, 5) is 9.47. The third kappa shape index (κ3) is 4.45. The normalized spacial score (nSPS) is 11.9. The molecule has 6 aromatic carbocycles. The molecule has 0 bridgehead atoms. The van der Waals surface area contributed by atoms with E-state index >= 15 is 0 Å². The molecule has 256 valence electrons. The van der Waals surface area contributed by atoms with Crippen molar-refractivity contribution in [2.24, 2.45) is 0 Å². The Morgan fingerprint density at radius 2 is 0.889 bits per heavy atom. The summed E-state index contributed by atoms with van der Waals surface area (Å²) in [6, 6.07) is 52.1. The molecular formula is C46H24N4O3Pt. The molecule has 8 heteroatoms. The van der Waals surface area contributed by atoms with Gasteiger partial charge in [-0.25, -0.2) is 9.97 Å². The number of pyridine rings is 2. The number of fused-ring (bicyclic) bond motifs is 12. The van der Waals surface area contributed by atoms with E-state index in [0.29, 0.717) is 11.5 Å². The van der Waals surface area contributed by atoms with Gasteiger partial charge in [0.15, 0.2) is 0 Å². The molecule has 6 aromatic heterocycles. The summed E-state index contributed by atoms with van der Waals surface area (Å²) in [6.07, 6.45) is 3.61. The van der Waals surface area contributed by atoms with Crippen molar-refractivity contribution in [3.8, 4) is 23.1 Å². The van der Waals surface area contributed by atoms with Gasteiger partial charge >= 0.3 is 21.1 Å². The van der Waals surface area contributed by atoms with Crippen LogP contribution in [0.3, 0.4) is 0 Å². The summed E-state index contributed by atoms with van der Waals surface area (Å²) < 4.78 is 23.4. The van der Waals surface area contributed by atoms with Gasteiger partial charge in [0.1, 0.15) is 34.0 Å². The van der Waals surface area contributed by atoms with Crippen LogP contribution in [0.25, 0.3) is 99.1 Å². The SMILES string of the molecule is [Pt+2].[c-]1c(Oc2[c-]c3c(cc2)c2cc4c(cc2n3-c2ccccn2)oc2ccccc24)ccc2c3cc4c(cc3n(-c3ccccn3)c12)oc1ccccc14. The first-order valence-corrected chi connectivity index (χ1v) is 17.4. The fourth-order valence-corrected chi connectivity index (χ4v) is 7.96. The van der Waals surface area contributed by atoms with E-state index in [0.717, 1.165) is 99.1 Å². The minimum atomic E-state index is 0. The third-order valence-electron chi connectivity index (χ3n) is 10.3. The van der Waals surface area contributed by atoms with Crippen molar-refractivity contribution in [2.75, 3.05) is 0 Å². The molecule has 0 N–H and O–H groups in total. The van der Waals surface area contributed by atoms with Crippen molar-refractivity contribution < 1.29 is 34.6 Å². The maximum atomic E-state index is 6.59. The number of nitrogens with zero attached hydrogens (tertiary/aromatic N) is 4. The van der Waals surface area contributed by atoms with Crippen molar-refractivity contribution >= 4 is 87.5 Å². The quantitative estimate of drug-likeness (QED) is 0.165. The van der Waals surface area contributed by atoms with E-state index < -0.39 is 0 Å². The molecule has 0 radical (unpaired) electrons. The van der Waals surface area contributed by atoms with E-state index in [1.807, 2.05) is 84.9 Å². The average Bonchev–Trinajstić information content (AvgIpc) is 3.93. The van der Waals surface area contributed by atoms with Gasteiger partial charge in [-0.3, -0.25) is 0 Å². The molecule has 0 spiro atoms. The van der Waals surface area contributed by atoms with Crippen LogP contribution >= 0.6 is 0 Å². The summed E-state index contributed by atoms with van der Waals surface area (Å²) >= 11 is 0. The molecule has 0 aliphatic carbocycles. The van der Waals surface area contributed by atoms with Crippen LogP contribution in [0.2, 0.25) is 0 Å². The molecule has 7 nitrogen and oxygen atoms in total. The molecule has 0 amide bonds. The Morgan fingerprint density at radius 1 is 0.426 bits per heavy atom. The summed E-state index contributed by atoms with van der Waals surface area (Å²) in [6.45, 7) is 0. The van der Waals surface area contributed by atoms with Crippen LogP contribution in [0.5, 0.6) is 11.5 Å². The Bertz CT molecular complexity index is 3200. The number of aromatic nitrogens is 4. The zero-order valence-corrected chi connectivity index (χ0v) is 30.5. The Hall–Kier alpha value is -6.69. The van der Waals surface area contributed by atoms with Crippen LogP contribution in [-0.2, 0) is 21.1 Å². The molecule has 54 heavy (non-hydrogen) atoms. The Labute approximate surface area is 320 Å². The van der Waals surface area contributed by atoms with E-state index in [4.69, 9.17) is 23.5 Å². The predicted octanol–water partition coefficient (Wildman–Crippen LogP) is 11.9. The van der Waals surface area contributed by atoms with Crippen LogP contribution < -0.4 is 4.74 Å². The van der Waals surface area contributed by atoms with Crippen molar-refractivity contribution in [2.45, 2.75) is 0 Å². The van der Waals surface area contributed by atoms with Gasteiger partial charge < -0.3 is 22.7 Å². The van der Waals surface area contributed by atoms with Gasteiger partial charge in [-0.05, 0) is 47.2 Å². The molecular weight excluding hydrogens is 852 g/mol. The van der Waals surface area contributed by atoms with E-state index in [9.17, 15) is 0 Å². The molecule has 12 aromatic rings. The van der Waals surface area contributed by atoms with Crippen LogP contribution in [-0.4, -0.2) is 19.1 Å². The number of rotatable bonds is 4. The molecule has 12 rings (SSSR count). The van der Waals surface area contributed by atoms with Gasteiger partial charge in [-0.15, -0.1) is 35.0 Å². The largest absolute Gasteiger partial charge is 2.00 e. The number of hydrogen-bond acceptors (Lipinski definition) is 5. The molecule has 0 aliphatic rings. The number of para-hydroxylation sites is 2. The number of ether oxygens (including phenoxy) is 1. The van der Waals surface area contributed by atoms with Gasteiger partial charge in [0, 0.05) is 68.6 Å². The zero-order chi connectivity index (χ0) is 34.6. The van der Waals surface area contributed by atoms with Crippen LogP contribution in [0.1, 0.15) is 0 Å². The first-order valence-electron chi connectivity index (χ1n) is 17.4. The molecule has 0 saturated heterocycles. The number of hydrogen-bond donors (Lipinski definition) is 0. The summed E-state index contributed by atoms with van der Waals surface area (Å²) in [5.74, 6) is 2.68. The first kappa shape index (κ1) is 30.9.